The number of likely N-dealkylation sites (N-methyl/N-ethyl adjacent to an activating group) is 1. The van der Waals surface area contributed by atoms with E-state index in [0.717, 1.165) is 0 Å². The van der Waals surface area contributed by atoms with Gasteiger partial charge in [-0.1, -0.05) is 12.2 Å². The van der Waals surface area contributed by atoms with Crippen LogP contribution in [0.1, 0.15) is 17.3 Å². The van der Waals surface area contributed by atoms with Crippen LogP contribution >= 0.6 is 12.2 Å². The van der Waals surface area contributed by atoms with Gasteiger partial charge in [0.1, 0.15) is 0 Å². The summed E-state index contributed by atoms with van der Waals surface area (Å²) < 4.78 is 0. The molecule has 1 aromatic heterocycles. The van der Waals surface area contributed by atoms with Gasteiger partial charge in [-0.05, 0) is 13.0 Å². The summed E-state index contributed by atoms with van der Waals surface area (Å²) in [7, 11) is 1.61. The van der Waals surface area contributed by atoms with Crippen LogP contribution in [0.25, 0.3) is 0 Å². The molecule has 3 N–H and O–H groups in total. The number of aromatic nitrogens is 1. The minimum atomic E-state index is -0.325. The SMILES string of the molecule is CC(C(N)=S)N(C)C(=O)c1ccc(=O)[nH]c1. The van der Waals surface area contributed by atoms with Crippen molar-refractivity contribution in [1.82, 2.24) is 9.88 Å². The van der Waals surface area contributed by atoms with E-state index in [0.29, 0.717) is 5.56 Å². The fourth-order valence-corrected chi connectivity index (χ4v) is 1.27. The Labute approximate surface area is 98.3 Å². The molecule has 0 spiro atoms. The van der Waals surface area contributed by atoms with E-state index in [1.54, 1.807) is 14.0 Å². The zero-order chi connectivity index (χ0) is 12.3. The molecule has 16 heavy (non-hydrogen) atoms. The highest BCUT2D eigenvalue weighted by Gasteiger charge is 2.19. The Balaban J connectivity index is 2.90. The van der Waals surface area contributed by atoms with E-state index in [4.69, 9.17) is 18.0 Å². The van der Waals surface area contributed by atoms with Crippen LogP contribution in [0.2, 0.25) is 0 Å². The summed E-state index contributed by atoms with van der Waals surface area (Å²) in [5.74, 6) is -0.239. The van der Waals surface area contributed by atoms with Gasteiger partial charge in [-0.25, -0.2) is 0 Å². The van der Waals surface area contributed by atoms with E-state index in [1.165, 1.54) is 23.2 Å². The van der Waals surface area contributed by atoms with Gasteiger partial charge >= 0.3 is 0 Å². The number of nitrogens with one attached hydrogen (secondary N) is 1. The third-order valence-electron chi connectivity index (χ3n) is 2.34. The second kappa shape index (κ2) is 4.89. The van der Waals surface area contributed by atoms with Crippen molar-refractivity contribution in [2.45, 2.75) is 13.0 Å². The van der Waals surface area contributed by atoms with Gasteiger partial charge in [0.05, 0.1) is 16.6 Å². The Morgan fingerprint density at radius 3 is 2.62 bits per heavy atom. The maximum absolute atomic E-state index is 11.9. The molecule has 5 nitrogen and oxygen atoms in total. The Kier molecular flexibility index (Phi) is 3.78. The van der Waals surface area contributed by atoms with Crippen LogP contribution in [-0.4, -0.2) is 33.9 Å². The number of hydrogen-bond acceptors (Lipinski definition) is 3. The van der Waals surface area contributed by atoms with Gasteiger partial charge in [0.15, 0.2) is 0 Å². The molecule has 1 atom stereocenters. The first-order valence-corrected chi connectivity index (χ1v) is 5.09. The molecule has 0 aliphatic rings. The van der Waals surface area contributed by atoms with Gasteiger partial charge in [-0.2, -0.15) is 0 Å². The first-order valence-electron chi connectivity index (χ1n) is 4.68. The molecular weight excluding hydrogens is 226 g/mol. The standard InChI is InChI=1S/C10H13N3O2S/c1-6(9(11)16)13(2)10(15)7-3-4-8(14)12-5-7/h3-6H,1-2H3,(H2,11,16)(H,12,14). The number of pyridine rings is 1. The van der Waals surface area contributed by atoms with Crippen molar-refractivity contribution in [1.29, 1.82) is 0 Å². The summed E-state index contributed by atoms with van der Waals surface area (Å²) in [6.07, 6.45) is 1.37. The molecule has 0 bridgehead atoms. The van der Waals surface area contributed by atoms with Crippen molar-refractivity contribution >= 4 is 23.1 Å². The predicted octanol–water partition coefficient (Wildman–Crippen LogP) is 0.121. The molecule has 1 aromatic rings. The Morgan fingerprint density at radius 2 is 2.19 bits per heavy atom. The van der Waals surface area contributed by atoms with Crippen molar-refractivity contribution in [3.8, 4) is 0 Å². The van der Waals surface area contributed by atoms with Crippen LogP contribution in [0.3, 0.4) is 0 Å². The van der Waals surface area contributed by atoms with Crippen molar-refractivity contribution in [3.05, 3.63) is 34.2 Å². The van der Waals surface area contributed by atoms with Gasteiger partial charge in [-0.15, -0.1) is 0 Å². The van der Waals surface area contributed by atoms with Gasteiger partial charge in [0.2, 0.25) is 5.56 Å². The summed E-state index contributed by atoms with van der Waals surface area (Å²) in [6.45, 7) is 1.74. The zero-order valence-electron chi connectivity index (χ0n) is 9.06. The smallest absolute Gasteiger partial charge is 0.255 e. The average molecular weight is 239 g/mol. The fourth-order valence-electron chi connectivity index (χ4n) is 1.11. The summed E-state index contributed by atoms with van der Waals surface area (Å²) in [4.78, 5) is 26.8. The van der Waals surface area contributed by atoms with Gasteiger partial charge in [-0.3, -0.25) is 9.59 Å². The predicted molar refractivity (Wildman–Crippen MR) is 65.4 cm³/mol. The summed E-state index contributed by atoms with van der Waals surface area (Å²) in [5, 5.41) is 0. The van der Waals surface area contributed by atoms with Crippen molar-refractivity contribution in [2.24, 2.45) is 5.73 Å². The molecular formula is C10H13N3O2S. The second-order valence-electron chi connectivity index (χ2n) is 3.44. The lowest BCUT2D eigenvalue weighted by molar-refractivity contribution is 0.0778. The van der Waals surface area contributed by atoms with Crippen LogP contribution in [0.4, 0.5) is 0 Å². The molecule has 0 saturated heterocycles. The first kappa shape index (κ1) is 12.4. The lowest BCUT2D eigenvalue weighted by Crippen LogP contribution is -2.42. The van der Waals surface area contributed by atoms with E-state index in [-0.39, 0.29) is 22.5 Å². The number of nitrogens with two attached hydrogens (primary N) is 1. The highest BCUT2D eigenvalue weighted by atomic mass is 32.1. The average Bonchev–Trinajstić information content (AvgIpc) is 2.27. The molecule has 0 aromatic carbocycles. The maximum atomic E-state index is 11.9. The Bertz CT molecular complexity index is 449. The lowest BCUT2D eigenvalue weighted by Gasteiger charge is -2.23. The topological polar surface area (TPSA) is 79.2 Å². The molecule has 1 rings (SSSR count). The molecule has 0 radical (unpaired) electrons. The zero-order valence-corrected chi connectivity index (χ0v) is 9.88. The number of thiocarbonyl (C=S) groups is 1. The number of rotatable bonds is 3. The molecule has 86 valence electrons. The molecule has 0 aliphatic carbocycles. The van der Waals surface area contributed by atoms with Crippen molar-refractivity contribution in [2.75, 3.05) is 7.05 Å². The third-order valence-corrected chi connectivity index (χ3v) is 2.69. The van der Waals surface area contributed by atoms with E-state index in [9.17, 15) is 9.59 Å². The summed E-state index contributed by atoms with van der Waals surface area (Å²) in [6, 6.07) is 2.44. The molecule has 1 unspecified atom stereocenters. The van der Waals surface area contributed by atoms with Crippen LogP contribution in [0.5, 0.6) is 0 Å². The number of hydrogen-bond donors (Lipinski definition) is 2. The normalized spacial score (nSPS) is 11.9. The van der Waals surface area contributed by atoms with E-state index >= 15 is 0 Å². The van der Waals surface area contributed by atoms with Crippen molar-refractivity contribution in [3.63, 3.8) is 0 Å². The molecule has 1 amide bonds. The molecule has 0 fully saturated rings. The number of H-pyrrole nitrogens is 1. The van der Waals surface area contributed by atoms with Gasteiger partial charge < -0.3 is 15.6 Å². The third kappa shape index (κ3) is 2.66. The minimum Gasteiger partial charge on any atom is -0.392 e. The van der Waals surface area contributed by atoms with Gasteiger partial charge in [0, 0.05) is 19.3 Å². The fraction of sp³-hybridized carbons (Fsp3) is 0.300. The first-order chi connectivity index (χ1) is 7.43. The van der Waals surface area contributed by atoms with Crippen LogP contribution in [0, 0.1) is 0 Å². The number of amides is 1. The molecule has 1 heterocycles. The molecule has 6 heteroatoms. The second-order valence-corrected chi connectivity index (χ2v) is 3.91. The monoisotopic (exact) mass is 239 g/mol. The maximum Gasteiger partial charge on any atom is 0.255 e. The summed E-state index contributed by atoms with van der Waals surface area (Å²) in [5.41, 5.74) is 5.60. The van der Waals surface area contributed by atoms with E-state index < -0.39 is 0 Å². The Hall–Kier alpha value is -1.69. The highest BCUT2D eigenvalue weighted by molar-refractivity contribution is 7.80. The number of carbonyl (C=O) groups is 1. The van der Waals surface area contributed by atoms with Gasteiger partial charge in [0.25, 0.3) is 5.91 Å². The van der Waals surface area contributed by atoms with E-state index in [1.807, 2.05) is 0 Å². The Morgan fingerprint density at radius 1 is 1.56 bits per heavy atom. The largest absolute Gasteiger partial charge is 0.392 e. The van der Waals surface area contributed by atoms with E-state index in [2.05, 4.69) is 4.98 Å². The number of aromatic amines is 1. The van der Waals surface area contributed by atoms with Crippen LogP contribution in [0.15, 0.2) is 23.1 Å². The molecule has 0 saturated carbocycles. The number of nitrogens with zero attached hydrogens (tertiary/aromatic N) is 1. The highest BCUT2D eigenvalue weighted by Crippen LogP contribution is 2.04. The van der Waals surface area contributed by atoms with Crippen LogP contribution < -0.4 is 11.3 Å². The number of carbonyl (C=O) groups excluding carboxylic acids is 1. The quantitative estimate of drug-likeness (QED) is 0.734. The van der Waals surface area contributed by atoms with Crippen LogP contribution in [-0.2, 0) is 0 Å². The van der Waals surface area contributed by atoms with Crippen molar-refractivity contribution < 1.29 is 4.79 Å². The lowest BCUT2D eigenvalue weighted by atomic mass is 10.2. The summed E-state index contributed by atoms with van der Waals surface area (Å²) >= 11 is 4.81. The molecule has 0 aliphatic heterocycles. The minimum absolute atomic E-state index is 0.239.